The van der Waals surface area contributed by atoms with Gasteiger partial charge in [-0.3, -0.25) is 4.79 Å². The molecule has 82 valence electrons. The third-order valence-corrected chi connectivity index (χ3v) is 1.74. The molecular formula is C8H8F2N2O3. The molecule has 0 spiro atoms. The minimum Gasteiger partial charge on any atom is -0.465 e. The zero-order valence-electron chi connectivity index (χ0n) is 7.71. The van der Waals surface area contributed by atoms with Crippen molar-refractivity contribution in [3.05, 3.63) is 27.5 Å². The van der Waals surface area contributed by atoms with Gasteiger partial charge in [-0.15, -0.1) is 0 Å². The number of pyridine rings is 1. The van der Waals surface area contributed by atoms with Crippen molar-refractivity contribution < 1.29 is 18.3 Å². The predicted octanol–water partition coefficient (Wildman–Crippen LogP) is 0.681. The summed E-state index contributed by atoms with van der Waals surface area (Å²) >= 11 is 0. The SMILES string of the molecule is COC(=O)c1cc(C(F)F)c(N)[nH]c1=O. The third-order valence-electron chi connectivity index (χ3n) is 1.74. The van der Waals surface area contributed by atoms with Crippen molar-refractivity contribution in [1.29, 1.82) is 0 Å². The van der Waals surface area contributed by atoms with Gasteiger partial charge in [-0.2, -0.15) is 0 Å². The van der Waals surface area contributed by atoms with Gasteiger partial charge in [-0.1, -0.05) is 0 Å². The summed E-state index contributed by atoms with van der Waals surface area (Å²) < 4.78 is 29.0. The van der Waals surface area contributed by atoms with E-state index in [9.17, 15) is 18.4 Å². The molecule has 0 aliphatic heterocycles. The molecule has 0 aliphatic carbocycles. The molecule has 1 heterocycles. The van der Waals surface area contributed by atoms with Crippen LogP contribution in [0.5, 0.6) is 0 Å². The number of anilines is 1. The number of nitrogen functional groups attached to an aromatic ring is 1. The summed E-state index contributed by atoms with van der Waals surface area (Å²) in [7, 11) is 1.04. The molecule has 7 heteroatoms. The summed E-state index contributed by atoms with van der Waals surface area (Å²) in [5, 5.41) is 0. The lowest BCUT2D eigenvalue weighted by atomic mass is 10.2. The molecule has 0 saturated heterocycles. The van der Waals surface area contributed by atoms with Crippen LogP contribution in [-0.2, 0) is 4.74 Å². The summed E-state index contributed by atoms with van der Waals surface area (Å²) in [6.07, 6.45) is -2.87. The van der Waals surface area contributed by atoms with Crippen molar-refractivity contribution in [3.8, 4) is 0 Å². The van der Waals surface area contributed by atoms with Crippen molar-refractivity contribution >= 4 is 11.8 Å². The average Bonchev–Trinajstić information content (AvgIpc) is 2.16. The van der Waals surface area contributed by atoms with Gasteiger partial charge in [-0.05, 0) is 6.07 Å². The molecule has 0 saturated carbocycles. The molecule has 0 amide bonds. The van der Waals surface area contributed by atoms with Gasteiger partial charge in [0, 0.05) is 0 Å². The zero-order chi connectivity index (χ0) is 11.6. The number of hydrogen-bond donors (Lipinski definition) is 2. The van der Waals surface area contributed by atoms with Gasteiger partial charge >= 0.3 is 5.97 Å². The molecule has 0 unspecified atom stereocenters. The molecule has 5 nitrogen and oxygen atoms in total. The molecule has 0 aliphatic rings. The van der Waals surface area contributed by atoms with Crippen molar-refractivity contribution in [2.75, 3.05) is 12.8 Å². The number of H-pyrrole nitrogens is 1. The van der Waals surface area contributed by atoms with Crippen LogP contribution in [-0.4, -0.2) is 18.1 Å². The maximum absolute atomic E-state index is 12.4. The Morgan fingerprint density at radius 1 is 1.60 bits per heavy atom. The van der Waals surface area contributed by atoms with Crippen LogP contribution < -0.4 is 11.3 Å². The van der Waals surface area contributed by atoms with Crippen LogP contribution >= 0.6 is 0 Å². The van der Waals surface area contributed by atoms with Crippen LogP contribution in [0.1, 0.15) is 22.3 Å². The topological polar surface area (TPSA) is 85.2 Å². The van der Waals surface area contributed by atoms with Crippen LogP contribution in [0.15, 0.2) is 10.9 Å². The Labute approximate surface area is 82.9 Å². The number of carbonyl (C=O) groups excluding carboxylic acids is 1. The van der Waals surface area contributed by atoms with Crippen LogP contribution in [0.3, 0.4) is 0 Å². The molecular weight excluding hydrogens is 210 g/mol. The molecule has 0 radical (unpaired) electrons. The number of alkyl halides is 2. The number of halogens is 2. The van der Waals surface area contributed by atoms with E-state index in [0.29, 0.717) is 0 Å². The van der Waals surface area contributed by atoms with Gasteiger partial charge in [0.2, 0.25) is 0 Å². The highest BCUT2D eigenvalue weighted by molar-refractivity contribution is 5.89. The Bertz CT molecular complexity index is 442. The third kappa shape index (κ3) is 2.12. The lowest BCUT2D eigenvalue weighted by molar-refractivity contribution is 0.0598. The molecule has 0 fully saturated rings. The van der Waals surface area contributed by atoms with Crippen molar-refractivity contribution in [3.63, 3.8) is 0 Å². The van der Waals surface area contributed by atoms with Crippen LogP contribution in [0.2, 0.25) is 0 Å². The molecule has 0 aromatic carbocycles. The first kappa shape index (κ1) is 11.2. The highest BCUT2D eigenvalue weighted by Crippen LogP contribution is 2.22. The van der Waals surface area contributed by atoms with Gasteiger partial charge in [-0.25, -0.2) is 13.6 Å². The minimum absolute atomic E-state index is 0.456. The van der Waals surface area contributed by atoms with Crippen molar-refractivity contribution in [1.82, 2.24) is 4.98 Å². The predicted molar refractivity (Wildman–Crippen MR) is 47.8 cm³/mol. The smallest absolute Gasteiger partial charge is 0.343 e. The van der Waals surface area contributed by atoms with E-state index in [2.05, 4.69) is 4.74 Å². The number of ether oxygens (including phenoxy) is 1. The summed E-state index contributed by atoms with van der Waals surface area (Å²) in [6, 6.07) is 0.727. The number of nitrogens with two attached hydrogens (primary N) is 1. The van der Waals surface area contributed by atoms with E-state index in [1.807, 2.05) is 4.98 Å². The first-order valence-corrected chi connectivity index (χ1v) is 3.86. The molecule has 1 rings (SSSR count). The molecule has 0 atom stereocenters. The lowest BCUT2D eigenvalue weighted by Gasteiger charge is -2.05. The maximum Gasteiger partial charge on any atom is 0.343 e. The van der Waals surface area contributed by atoms with E-state index in [0.717, 1.165) is 13.2 Å². The fourth-order valence-corrected chi connectivity index (χ4v) is 1.00. The second-order valence-electron chi connectivity index (χ2n) is 2.67. The molecule has 1 aromatic rings. The van der Waals surface area contributed by atoms with Gasteiger partial charge in [0.15, 0.2) is 0 Å². The number of methoxy groups -OCH3 is 1. The van der Waals surface area contributed by atoms with E-state index in [-0.39, 0.29) is 0 Å². The van der Waals surface area contributed by atoms with E-state index in [1.54, 1.807) is 0 Å². The highest BCUT2D eigenvalue weighted by Gasteiger charge is 2.18. The van der Waals surface area contributed by atoms with Crippen LogP contribution in [0.25, 0.3) is 0 Å². The van der Waals surface area contributed by atoms with E-state index in [1.165, 1.54) is 0 Å². The Morgan fingerprint density at radius 2 is 2.20 bits per heavy atom. The lowest BCUT2D eigenvalue weighted by Crippen LogP contribution is -2.21. The number of nitrogens with one attached hydrogen (secondary N) is 1. The fourth-order valence-electron chi connectivity index (χ4n) is 1.00. The standard InChI is InChI=1S/C8H8F2N2O3/c1-15-8(14)4-2-3(5(9)10)6(11)12-7(4)13/h2,5H,1H3,(H3,11,12,13). The summed E-state index contributed by atoms with van der Waals surface area (Å²) in [4.78, 5) is 24.1. The van der Waals surface area contributed by atoms with E-state index >= 15 is 0 Å². The normalized spacial score (nSPS) is 10.4. The second kappa shape index (κ2) is 4.07. The Kier molecular flexibility index (Phi) is 3.03. The van der Waals surface area contributed by atoms with E-state index in [4.69, 9.17) is 5.73 Å². The number of esters is 1. The number of aromatic amines is 1. The maximum atomic E-state index is 12.4. The van der Waals surface area contributed by atoms with Crippen LogP contribution in [0, 0.1) is 0 Å². The number of aromatic nitrogens is 1. The Hall–Kier alpha value is -1.92. The summed E-state index contributed by atoms with van der Waals surface area (Å²) in [5.41, 5.74) is 3.19. The Morgan fingerprint density at radius 3 is 2.67 bits per heavy atom. The summed E-state index contributed by atoms with van der Waals surface area (Å²) in [5.74, 6) is -1.44. The largest absolute Gasteiger partial charge is 0.465 e. The molecule has 0 bridgehead atoms. The van der Waals surface area contributed by atoms with E-state index < -0.39 is 34.9 Å². The zero-order valence-corrected chi connectivity index (χ0v) is 7.71. The monoisotopic (exact) mass is 218 g/mol. The first-order valence-electron chi connectivity index (χ1n) is 3.86. The summed E-state index contributed by atoms with van der Waals surface area (Å²) in [6.45, 7) is 0. The highest BCUT2D eigenvalue weighted by atomic mass is 19.3. The number of rotatable bonds is 2. The van der Waals surface area contributed by atoms with Gasteiger partial charge in [0.05, 0.1) is 12.7 Å². The Balaban J connectivity index is 3.36. The second-order valence-corrected chi connectivity index (χ2v) is 2.67. The van der Waals surface area contributed by atoms with Gasteiger partial charge < -0.3 is 15.5 Å². The van der Waals surface area contributed by atoms with Gasteiger partial charge in [0.25, 0.3) is 12.0 Å². The van der Waals surface area contributed by atoms with Crippen molar-refractivity contribution in [2.45, 2.75) is 6.43 Å². The fraction of sp³-hybridized carbons (Fsp3) is 0.250. The van der Waals surface area contributed by atoms with Crippen molar-refractivity contribution in [2.24, 2.45) is 0 Å². The number of hydrogen-bond acceptors (Lipinski definition) is 4. The minimum atomic E-state index is -2.87. The first-order chi connectivity index (χ1) is 6.97. The number of carbonyl (C=O) groups is 1. The molecule has 3 N–H and O–H groups in total. The average molecular weight is 218 g/mol. The van der Waals surface area contributed by atoms with Crippen LogP contribution in [0.4, 0.5) is 14.6 Å². The van der Waals surface area contributed by atoms with Gasteiger partial charge in [0.1, 0.15) is 11.4 Å². The molecule has 1 aromatic heterocycles. The molecule has 15 heavy (non-hydrogen) atoms. The quantitative estimate of drug-likeness (QED) is 0.715.